The highest BCUT2D eigenvalue weighted by molar-refractivity contribution is 6.11. The Balaban J connectivity index is 1.43. The fraction of sp³-hybridized carbons (Fsp3) is 0.444. The van der Waals surface area contributed by atoms with Gasteiger partial charge in [0.05, 0.1) is 11.4 Å². The van der Waals surface area contributed by atoms with Crippen LogP contribution in [-0.4, -0.2) is 38.1 Å². The SMILES string of the molecule is CC(C)c1cccc(C(C)C)c1N1CCN(c2cccc(N3CCN(c4c(C(C)C)cccc4C(C)C)C3=N)c2)C1=N. The lowest BCUT2D eigenvalue weighted by atomic mass is 9.92. The number of rotatable bonds is 8. The van der Waals surface area contributed by atoms with Crippen molar-refractivity contribution in [2.24, 2.45) is 0 Å². The van der Waals surface area contributed by atoms with Crippen molar-refractivity contribution < 1.29 is 0 Å². The van der Waals surface area contributed by atoms with Gasteiger partial charge in [-0.1, -0.05) is 97.9 Å². The van der Waals surface area contributed by atoms with Crippen LogP contribution in [0.25, 0.3) is 0 Å². The second-order valence-electron chi connectivity index (χ2n) is 13.0. The van der Waals surface area contributed by atoms with Crippen molar-refractivity contribution in [2.75, 3.05) is 45.8 Å². The Morgan fingerprint density at radius 1 is 0.452 bits per heavy atom. The molecule has 42 heavy (non-hydrogen) atoms. The molecule has 5 rings (SSSR count). The van der Waals surface area contributed by atoms with Crippen LogP contribution in [0.4, 0.5) is 22.7 Å². The number of hydrogen-bond donors (Lipinski definition) is 2. The second kappa shape index (κ2) is 11.8. The normalized spacial score (nSPS) is 16.0. The minimum atomic E-state index is 0.380. The monoisotopic (exact) mass is 564 g/mol. The molecule has 2 aliphatic rings. The molecule has 3 aromatic carbocycles. The summed E-state index contributed by atoms with van der Waals surface area (Å²) in [5.41, 5.74) is 9.61. The van der Waals surface area contributed by atoms with Crippen molar-refractivity contribution in [1.29, 1.82) is 10.8 Å². The van der Waals surface area contributed by atoms with Gasteiger partial charge < -0.3 is 19.6 Å². The molecule has 0 aromatic heterocycles. The van der Waals surface area contributed by atoms with Crippen LogP contribution in [0.5, 0.6) is 0 Å². The predicted molar refractivity (Wildman–Crippen MR) is 181 cm³/mol. The molecule has 0 spiro atoms. The van der Waals surface area contributed by atoms with E-state index in [0.29, 0.717) is 35.6 Å². The zero-order chi connectivity index (χ0) is 30.3. The average molecular weight is 565 g/mol. The molecule has 2 saturated heterocycles. The van der Waals surface area contributed by atoms with Gasteiger partial charge in [0, 0.05) is 37.6 Å². The minimum absolute atomic E-state index is 0.380. The summed E-state index contributed by atoms with van der Waals surface area (Å²) in [6.45, 7) is 21.0. The summed E-state index contributed by atoms with van der Waals surface area (Å²) >= 11 is 0. The average Bonchev–Trinajstić information content (AvgIpc) is 3.53. The van der Waals surface area contributed by atoms with Crippen LogP contribution in [0.2, 0.25) is 0 Å². The Morgan fingerprint density at radius 2 is 0.738 bits per heavy atom. The van der Waals surface area contributed by atoms with Crippen LogP contribution >= 0.6 is 0 Å². The maximum Gasteiger partial charge on any atom is 0.203 e. The van der Waals surface area contributed by atoms with E-state index in [4.69, 9.17) is 0 Å². The molecule has 0 aliphatic carbocycles. The van der Waals surface area contributed by atoms with Gasteiger partial charge >= 0.3 is 0 Å². The number of nitrogens with zero attached hydrogens (tertiary/aromatic N) is 4. The number of benzene rings is 3. The van der Waals surface area contributed by atoms with E-state index in [0.717, 1.165) is 37.6 Å². The standard InChI is InChI=1S/C36H48N6/c1-23(2)29-14-10-15-30(24(3)4)33(29)41-20-18-39(35(41)37)27-12-9-13-28(22-27)40-19-21-42(36(40)38)34-31(25(5)6)16-11-17-32(34)26(7)8/h9-17,22-26,37-38H,18-21H2,1-8H3. The van der Waals surface area contributed by atoms with Gasteiger partial charge in [-0.05, 0) is 64.1 Å². The van der Waals surface area contributed by atoms with E-state index in [-0.39, 0.29) is 0 Å². The first kappa shape index (κ1) is 29.7. The second-order valence-corrected chi connectivity index (χ2v) is 13.0. The molecule has 0 unspecified atom stereocenters. The van der Waals surface area contributed by atoms with Gasteiger partial charge in [-0.2, -0.15) is 0 Å². The predicted octanol–water partition coefficient (Wildman–Crippen LogP) is 8.70. The summed E-state index contributed by atoms with van der Waals surface area (Å²) in [6, 6.07) is 21.6. The summed E-state index contributed by atoms with van der Waals surface area (Å²) in [7, 11) is 0. The molecular formula is C36H48N6. The molecular weight excluding hydrogens is 516 g/mol. The third-order valence-corrected chi connectivity index (χ3v) is 8.79. The molecule has 2 fully saturated rings. The number of anilines is 4. The first-order chi connectivity index (χ1) is 20.0. The molecule has 0 radical (unpaired) electrons. The zero-order valence-corrected chi connectivity index (χ0v) is 26.7. The maximum atomic E-state index is 9.29. The molecule has 0 bridgehead atoms. The molecule has 3 aromatic rings. The van der Waals surface area contributed by atoms with Crippen molar-refractivity contribution in [1.82, 2.24) is 0 Å². The Kier molecular flexibility index (Phi) is 8.36. The van der Waals surface area contributed by atoms with Gasteiger partial charge in [0.25, 0.3) is 0 Å². The van der Waals surface area contributed by atoms with E-state index < -0.39 is 0 Å². The molecule has 0 saturated carbocycles. The van der Waals surface area contributed by atoms with Crippen LogP contribution in [0.1, 0.15) is 101 Å². The summed E-state index contributed by atoms with van der Waals surface area (Å²) in [5, 5.41) is 18.6. The highest BCUT2D eigenvalue weighted by Gasteiger charge is 2.34. The molecule has 2 N–H and O–H groups in total. The molecule has 222 valence electrons. The third-order valence-electron chi connectivity index (χ3n) is 8.79. The Hall–Kier alpha value is -3.80. The highest BCUT2D eigenvalue weighted by Crippen LogP contribution is 2.40. The van der Waals surface area contributed by atoms with Crippen molar-refractivity contribution >= 4 is 34.7 Å². The van der Waals surface area contributed by atoms with E-state index in [2.05, 4.69) is 136 Å². The summed E-state index contributed by atoms with van der Waals surface area (Å²) in [5.74, 6) is 2.56. The first-order valence-electron chi connectivity index (χ1n) is 15.6. The minimum Gasteiger partial charge on any atom is -0.311 e. The smallest absolute Gasteiger partial charge is 0.203 e. The molecule has 6 heteroatoms. The van der Waals surface area contributed by atoms with E-state index in [1.807, 2.05) is 0 Å². The van der Waals surface area contributed by atoms with Crippen LogP contribution in [-0.2, 0) is 0 Å². The Morgan fingerprint density at radius 3 is 1.05 bits per heavy atom. The van der Waals surface area contributed by atoms with E-state index >= 15 is 0 Å². The van der Waals surface area contributed by atoms with Crippen LogP contribution in [0, 0.1) is 10.8 Å². The van der Waals surface area contributed by atoms with Crippen LogP contribution in [0.3, 0.4) is 0 Å². The van der Waals surface area contributed by atoms with E-state index in [9.17, 15) is 10.8 Å². The number of hydrogen-bond acceptors (Lipinski definition) is 2. The van der Waals surface area contributed by atoms with Crippen molar-refractivity contribution in [3.8, 4) is 0 Å². The lowest BCUT2D eigenvalue weighted by Crippen LogP contribution is -2.35. The van der Waals surface area contributed by atoms with Gasteiger partial charge in [0.15, 0.2) is 0 Å². The fourth-order valence-corrected chi connectivity index (χ4v) is 6.53. The number of para-hydroxylation sites is 2. The lowest BCUT2D eigenvalue weighted by molar-refractivity contribution is 0.824. The van der Waals surface area contributed by atoms with Crippen molar-refractivity contribution in [2.45, 2.75) is 79.1 Å². The molecule has 6 nitrogen and oxygen atoms in total. The summed E-state index contributed by atoms with van der Waals surface area (Å²) in [4.78, 5) is 8.64. The maximum absolute atomic E-state index is 9.29. The Bertz CT molecular complexity index is 1310. The van der Waals surface area contributed by atoms with Crippen LogP contribution < -0.4 is 19.6 Å². The number of nitrogens with one attached hydrogen (secondary N) is 2. The van der Waals surface area contributed by atoms with Gasteiger partial charge in [-0.3, -0.25) is 10.8 Å². The number of guanidine groups is 2. The lowest BCUT2D eigenvalue weighted by Gasteiger charge is -2.29. The van der Waals surface area contributed by atoms with Gasteiger partial charge in [0.2, 0.25) is 11.9 Å². The first-order valence-corrected chi connectivity index (χ1v) is 15.6. The highest BCUT2D eigenvalue weighted by atomic mass is 15.4. The third kappa shape index (κ3) is 5.28. The summed E-state index contributed by atoms with van der Waals surface area (Å²) < 4.78 is 0. The molecule has 0 amide bonds. The molecule has 2 aliphatic heterocycles. The van der Waals surface area contributed by atoms with E-state index in [1.165, 1.54) is 33.6 Å². The topological polar surface area (TPSA) is 60.7 Å². The Labute approximate surface area is 253 Å². The summed E-state index contributed by atoms with van der Waals surface area (Å²) in [6.07, 6.45) is 0. The van der Waals surface area contributed by atoms with E-state index in [1.54, 1.807) is 0 Å². The molecule has 2 heterocycles. The molecule has 0 atom stereocenters. The van der Waals surface area contributed by atoms with Gasteiger partial charge in [-0.15, -0.1) is 0 Å². The zero-order valence-electron chi connectivity index (χ0n) is 26.7. The van der Waals surface area contributed by atoms with Gasteiger partial charge in [-0.25, -0.2) is 0 Å². The fourth-order valence-electron chi connectivity index (χ4n) is 6.53. The van der Waals surface area contributed by atoms with Gasteiger partial charge in [0.1, 0.15) is 0 Å². The van der Waals surface area contributed by atoms with Crippen molar-refractivity contribution in [3.05, 3.63) is 82.9 Å². The van der Waals surface area contributed by atoms with Crippen LogP contribution in [0.15, 0.2) is 60.7 Å². The van der Waals surface area contributed by atoms with Crippen molar-refractivity contribution in [3.63, 3.8) is 0 Å². The largest absolute Gasteiger partial charge is 0.311 e. The quantitative estimate of drug-likeness (QED) is 0.287.